The molecule has 0 aromatic heterocycles. The highest BCUT2D eigenvalue weighted by molar-refractivity contribution is 7.90. The minimum Gasteiger partial charge on any atom is -0.598 e. The lowest BCUT2D eigenvalue weighted by Crippen LogP contribution is -2.61. The van der Waals surface area contributed by atoms with Crippen LogP contribution in [0.1, 0.15) is 59.4 Å². The molecule has 2 rings (SSSR count). The zero-order chi connectivity index (χ0) is 18.1. The van der Waals surface area contributed by atoms with Gasteiger partial charge in [0.15, 0.2) is 0 Å². The first kappa shape index (κ1) is 20.1. The third kappa shape index (κ3) is 4.47. The Hall–Kier alpha value is -0.260. The second kappa shape index (κ2) is 7.55. The lowest BCUT2D eigenvalue weighted by atomic mass is 9.57. The molecule has 1 aliphatic rings. The van der Waals surface area contributed by atoms with E-state index in [1.807, 2.05) is 45.0 Å². The van der Waals surface area contributed by atoms with Gasteiger partial charge in [0.05, 0.1) is 12.1 Å². The summed E-state index contributed by atoms with van der Waals surface area (Å²) < 4.78 is 15.8. The van der Waals surface area contributed by atoms with Gasteiger partial charge < -0.3 is 9.66 Å². The third-order valence-electron chi connectivity index (χ3n) is 4.80. The van der Waals surface area contributed by atoms with Gasteiger partial charge in [0.1, 0.15) is 4.75 Å². The van der Waals surface area contributed by atoms with Crippen LogP contribution < -0.4 is 4.72 Å². The van der Waals surface area contributed by atoms with Gasteiger partial charge in [-0.1, -0.05) is 37.6 Å². The smallest absolute Gasteiger partial charge is 0.136 e. The van der Waals surface area contributed by atoms with Crippen molar-refractivity contribution in [3.05, 3.63) is 34.9 Å². The van der Waals surface area contributed by atoms with Crippen molar-refractivity contribution >= 4 is 23.0 Å². The van der Waals surface area contributed by atoms with Crippen molar-refractivity contribution < 1.29 is 9.66 Å². The lowest BCUT2D eigenvalue weighted by molar-refractivity contribution is -0.00279. The maximum Gasteiger partial charge on any atom is 0.136 e. The van der Waals surface area contributed by atoms with Gasteiger partial charge in [-0.15, -0.1) is 4.72 Å². The molecular formula is C19H30ClNO2S. The van der Waals surface area contributed by atoms with Gasteiger partial charge in [-0.05, 0) is 63.6 Å². The van der Waals surface area contributed by atoms with E-state index in [0.717, 1.165) is 6.42 Å². The van der Waals surface area contributed by atoms with Gasteiger partial charge in [0.2, 0.25) is 0 Å². The summed E-state index contributed by atoms with van der Waals surface area (Å²) in [6, 6.07) is 7.95. The van der Waals surface area contributed by atoms with Crippen molar-refractivity contribution in [3.8, 4) is 0 Å². The molecule has 24 heavy (non-hydrogen) atoms. The van der Waals surface area contributed by atoms with Crippen LogP contribution in [0, 0.1) is 5.92 Å². The quantitative estimate of drug-likeness (QED) is 0.737. The van der Waals surface area contributed by atoms with Gasteiger partial charge in [-0.2, -0.15) is 0 Å². The molecule has 0 aliphatic heterocycles. The van der Waals surface area contributed by atoms with Crippen LogP contribution in [-0.2, 0) is 16.8 Å². The fourth-order valence-electron chi connectivity index (χ4n) is 3.45. The lowest BCUT2D eigenvalue weighted by Gasteiger charge is -2.51. The van der Waals surface area contributed by atoms with Gasteiger partial charge in [-0.3, -0.25) is 0 Å². The summed E-state index contributed by atoms with van der Waals surface area (Å²) in [5, 5.41) is 10.8. The Bertz CT molecular complexity index is 535. The SMILES string of the molecule is CC(C)C[C@@H](N[S@+]([O-])C(C)(C)C)[C@]1(c2ccc(Cl)cc2)C[C@@H](O)C1. The highest BCUT2D eigenvalue weighted by Gasteiger charge is 2.52. The Morgan fingerprint density at radius 1 is 1.29 bits per heavy atom. The first-order valence-electron chi connectivity index (χ1n) is 8.67. The monoisotopic (exact) mass is 371 g/mol. The molecule has 2 N–H and O–H groups in total. The van der Waals surface area contributed by atoms with Crippen LogP contribution in [0.3, 0.4) is 0 Å². The second-order valence-electron chi connectivity index (χ2n) is 8.41. The van der Waals surface area contributed by atoms with Crippen LogP contribution in [0.5, 0.6) is 0 Å². The molecule has 0 bridgehead atoms. The highest BCUT2D eigenvalue weighted by atomic mass is 35.5. The summed E-state index contributed by atoms with van der Waals surface area (Å²) in [4.78, 5) is 0. The molecule has 0 amide bonds. The number of aliphatic hydroxyl groups is 1. The maximum absolute atomic E-state index is 12.7. The van der Waals surface area contributed by atoms with Crippen LogP contribution in [-0.4, -0.2) is 26.6 Å². The fraction of sp³-hybridized carbons (Fsp3) is 0.684. The van der Waals surface area contributed by atoms with E-state index in [9.17, 15) is 9.66 Å². The standard InChI is InChI=1S/C19H30ClNO2S/c1-13(2)10-17(21-24(23)18(3,4)5)19(11-16(22)12-19)14-6-8-15(20)9-7-14/h6-9,13,16-17,21-22H,10-12H2,1-5H3/t16-,17-,19-,24-/m1/s1. The number of hydrogen-bond donors (Lipinski definition) is 2. The van der Waals surface area contributed by atoms with Crippen molar-refractivity contribution in [3.63, 3.8) is 0 Å². The molecule has 0 saturated heterocycles. The van der Waals surface area contributed by atoms with Crippen LogP contribution in [0.4, 0.5) is 0 Å². The average Bonchev–Trinajstić information content (AvgIpc) is 2.42. The first-order chi connectivity index (χ1) is 11.0. The number of aliphatic hydroxyl groups excluding tert-OH is 1. The van der Waals surface area contributed by atoms with E-state index < -0.39 is 11.4 Å². The highest BCUT2D eigenvalue weighted by Crippen LogP contribution is 2.48. The molecule has 136 valence electrons. The molecule has 2 atom stereocenters. The molecule has 0 unspecified atom stereocenters. The Morgan fingerprint density at radius 3 is 2.25 bits per heavy atom. The molecule has 5 heteroatoms. The van der Waals surface area contributed by atoms with Crippen LogP contribution in [0.2, 0.25) is 5.02 Å². The zero-order valence-corrected chi connectivity index (χ0v) is 16.9. The van der Waals surface area contributed by atoms with Gasteiger partial charge in [-0.25, -0.2) is 0 Å². The van der Waals surface area contributed by atoms with E-state index in [-0.39, 0.29) is 22.3 Å². The molecule has 1 saturated carbocycles. The molecule has 0 heterocycles. The van der Waals surface area contributed by atoms with Crippen molar-refractivity contribution in [2.24, 2.45) is 5.92 Å². The molecule has 0 radical (unpaired) electrons. The fourth-order valence-corrected chi connectivity index (χ4v) is 4.51. The van der Waals surface area contributed by atoms with Crippen LogP contribution >= 0.6 is 11.6 Å². The van der Waals surface area contributed by atoms with Gasteiger partial charge in [0.25, 0.3) is 0 Å². The zero-order valence-electron chi connectivity index (χ0n) is 15.3. The molecule has 1 aromatic rings. The number of nitrogens with one attached hydrogen (secondary N) is 1. The molecule has 0 spiro atoms. The maximum atomic E-state index is 12.7. The van der Waals surface area contributed by atoms with E-state index in [4.69, 9.17) is 11.6 Å². The summed E-state index contributed by atoms with van der Waals surface area (Å²) in [7, 11) is 0. The second-order valence-corrected chi connectivity index (χ2v) is 10.8. The predicted octanol–water partition coefficient (Wildman–Crippen LogP) is 4.20. The number of halogens is 1. The summed E-state index contributed by atoms with van der Waals surface area (Å²) in [5.74, 6) is 0.474. The molecule has 1 aliphatic carbocycles. The Balaban J connectivity index is 2.33. The van der Waals surface area contributed by atoms with Crippen molar-refractivity contribution in [2.75, 3.05) is 0 Å². The number of hydrogen-bond acceptors (Lipinski definition) is 3. The van der Waals surface area contributed by atoms with E-state index >= 15 is 0 Å². The Kier molecular flexibility index (Phi) is 6.31. The van der Waals surface area contributed by atoms with Gasteiger partial charge >= 0.3 is 0 Å². The van der Waals surface area contributed by atoms with Crippen molar-refractivity contribution in [1.29, 1.82) is 0 Å². The molecule has 1 fully saturated rings. The van der Waals surface area contributed by atoms with Crippen LogP contribution in [0.15, 0.2) is 24.3 Å². The van der Waals surface area contributed by atoms with E-state index in [2.05, 4.69) is 18.6 Å². The summed E-state index contributed by atoms with van der Waals surface area (Å²) in [6.45, 7) is 10.3. The van der Waals surface area contributed by atoms with Gasteiger partial charge in [0, 0.05) is 21.8 Å². The third-order valence-corrected chi connectivity index (χ3v) is 6.66. The largest absolute Gasteiger partial charge is 0.598 e. The Morgan fingerprint density at radius 2 is 1.83 bits per heavy atom. The van der Waals surface area contributed by atoms with E-state index in [0.29, 0.717) is 23.8 Å². The van der Waals surface area contributed by atoms with Crippen molar-refractivity contribution in [1.82, 2.24) is 4.72 Å². The normalized spacial score (nSPS) is 27.0. The Labute approximate surface area is 154 Å². The van der Waals surface area contributed by atoms with E-state index in [1.165, 1.54) is 5.56 Å². The summed E-state index contributed by atoms with van der Waals surface area (Å²) in [5.41, 5.74) is 0.983. The predicted molar refractivity (Wildman–Crippen MR) is 103 cm³/mol. The number of benzene rings is 1. The minimum absolute atomic E-state index is 0.0575. The minimum atomic E-state index is -1.15. The first-order valence-corrected chi connectivity index (χ1v) is 10.2. The summed E-state index contributed by atoms with van der Waals surface area (Å²) in [6.07, 6.45) is 2.01. The average molecular weight is 372 g/mol. The molecule has 1 aromatic carbocycles. The van der Waals surface area contributed by atoms with Crippen molar-refractivity contribution in [2.45, 2.75) is 76.2 Å². The topological polar surface area (TPSA) is 55.3 Å². The molecular weight excluding hydrogens is 342 g/mol. The summed E-state index contributed by atoms with van der Waals surface area (Å²) >= 11 is 4.90. The van der Waals surface area contributed by atoms with E-state index in [1.54, 1.807) is 0 Å². The van der Waals surface area contributed by atoms with Crippen LogP contribution in [0.25, 0.3) is 0 Å². The molecule has 3 nitrogen and oxygen atoms in total. The number of rotatable bonds is 6.